The fourth-order valence-corrected chi connectivity index (χ4v) is 3.31. The van der Waals surface area contributed by atoms with Crippen LogP contribution >= 0.6 is 11.8 Å². The van der Waals surface area contributed by atoms with Gasteiger partial charge in [0.1, 0.15) is 17.4 Å². The molecule has 0 amide bonds. The highest BCUT2D eigenvalue weighted by Crippen LogP contribution is 2.24. The van der Waals surface area contributed by atoms with Crippen LogP contribution in [0.25, 0.3) is 11.3 Å². The molecule has 6 nitrogen and oxygen atoms in total. The molecule has 0 atom stereocenters. The van der Waals surface area contributed by atoms with Crippen LogP contribution in [0.3, 0.4) is 0 Å². The van der Waals surface area contributed by atoms with E-state index in [2.05, 4.69) is 26.8 Å². The maximum atomic E-state index is 14.6. The average molecular weight is 373 g/mol. The molecule has 2 heterocycles. The molecule has 1 aliphatic heterocycles. The summed E-state index contributed by atoms with van der Waals surface area (Å²) in [6.45, 7) is 4.30. The predicted octanol–water partition coefficient (Wildman–Crippen LogP) is 1.92. The molecule has 2 aromatic rings. The zero-order chi connectivity index (χ0) is 18.7. The van der Waals surface area contributed by atoms with Crippen LogP contribution in [0.15, 0.2) is 28.2 Å². The molecule has 0 aliphatic carbocycles. The van der Waals surface area contributed by atoms with Gasteiger partial charge in [-0.1, -0.05) is 23.9 Å². The van der Waals surface area contributed by atoms with Crippen LogP contribution in [0.1, 0.15) is 11.1 Å². The highest BCUT2D eigenvalue weighted by atomic mass is 32.2. The molecule has 0 unspecified atom stereocenters. The van der Waals surface area contributed by atoms with E-state index < -0.39 is 5.56 Å². The van der Waals surface area contributed by atoms with Gasteiger partial charge in [0.05, 0.1) is 5.69 Å². The number of nitrogens with one attached hydrogen (secondary N) is 1. The normalized spacial score (nSPS) is 15.8. The number of aromatic amines is 1. The largest absolute Gasteiger partial charge is 0.304 e. The molecule has 1 N–H and O–H groups in total. The number of nitrogens with zero attached hydrogens (tertiary/aromatic N) is 4. The molecule has 3 rings (SSSR count). The molecule has 0 spiro atoms. The number of nitriles is 1. The quantitative estimate of drug-likeness (QED) is 0.652. The van der Waals surface area contributed by atoms with Crippen molar-refractivity contribution in [3.05, 3.63) is 45.5 Å². The Kier molecular flexibility index (Phi) is 5.71. The average Bonchev–Trinajstić information content (AvgIpc) is 2.64. The molecule has 1 saturated heterocycles. The molecule has 1 aromatic carbocycles. The fourth-order valence-electron chi connectivity index (χ4n) is 2.93. The van der Waals surface area contributed by atoms with Crippen LogP contribution in [0.5, 0.6) is 0 Å². The van der Waals surface area contributed by atoms with Crippen molar-refractivity contribution in [3.63, 3.8) is 0 Å². The van der Waals surface area contributed by atoms with Crippen LogP contribution in [0.4, 0.5) is 4.39 Å². The van der Waals surface area contributed by atoms with Crippen LogP contribution in [-0.4, -0.2) is 59.3 Å². The molecule has 26 heavy (non-hydrogen) atoms. The second-order valence-electron chi connectivity index (χ2n) is 6.30. The molecule has 0 saturated carbocycles. The molecular formula is C18H20FN5OS. The minimum absolute atomic E-state index is 0.103. The third kappa shape index (κ3) is 3.96. The Morgan fingerprint density at radius 1 is 1.35 bits per heavy atom. The first-order chi connectivity index (χ1) is 12.5. The van der Waals surface area contributed by atoms with Gasteiger partial charge in [-0.25, -0.2) is 9.37 Å². The lowest BCUT2D eigenvalue weighted by molar-refractivity contribution is 0.147. The van der Waals surface area contributed by atoms with Crippen molar-refractivity contribution in [2.24, 2.45) is 0 Å². The van der Waals surface area contributed by atoms with Crippen molar-refractivity contribution < 1.29 is 4.39 Å². The summed E-state index contributed by atoms with van der Waals surface area (Å²) in [6.07, 6.45) is 1.77. The Bertz CT molecular complexity index is 899. The molecule has 1 fully saturated rings. The summed E-state index contributed by atoms with van der Waals surface area (Å²) in [4.78, 5) is 23.3. The summed E-state index contributed by atoms with van der Waals surface area (Å²) in [5.41, 5.74) is 0.637. The Morgan fingerprint density at radius 2 is 2.08 bits per heavy atom. The highest BCUT2D eigenvalue weighted by molar-refractivity contribution is 7.98. The van der Waals surface area contributed by atoms with Crippen molar-refractivity contribution in [1.29, 1.82) is 5.26 Å². The lowest BCUT2D eigenvalue weighted by Crippen LogP contribution is -2.44. The minimum Gasteiger partial charge on any atom is -0.304 e. The first kappa shape index (κ1) is 18.6. The SMILES string of the molecule is CSc1nc(-c2ccc(CN3CCN(C)CC3)c(F)c2)c(C#N)c(=O)[nH]1. The van der Waals surface area contributed by atoms with Crippen molar-refractivity contribution in [2.45, 2.75) is 11.7 Å². The topological polar surface area (TPSA) is 76.0 Å². The van der Waals surface area contributed by atoms with Crippen LogP contribution in [0.2, 0.25) is 0 Å². The van der Waals surface area contributed by atoms with E-state index in [4.69, 9.17) is 0 Å². The van der Waals surface area contributed by atoms with Crippen molar-refractivity contribution in [1.82, 2.24) is 19.8 Å². The Balaban J connectivity index is 1.89. The molecular weight excluding hydrogens is 353 g/mol. The Labute approximate surface area is 155 Å². The standard InChI is InChI=1S/C18H20FN5OS/c1-23-5-7-24(8-6-23)11-13-4-3-12(9-15(13)19)16-14(10-20)17(25)22-18(21-16)26-2/h3-4,9H,5-8,11H2,1-2H3,(H,21,22,25). The number of piperazine rings is 1. The Hall–Kier alpha value is -2.21. The van der Waals surface area contributed by atoms with Gasteiger partial charge in [-0.05, 0) is 19.4 Å². The summed E-state index contributed by atoms with van der Waals surface area (Å²) in [6, 6.07) is 6.66. The monoisotopic (exact) mass is 373 g/mol. The zero-order valence-electron chi connectivity index (χ0n) is 14.8. The summed E-state index contributed by atoms with van der Waals surface area (Å²) in [5.74, 6) is -0.349. The third-order valence-corrected chi connectivity index (χ3v) is 5.10. The van der Waals surface area contributed by atoms with E-state index in [1.54, 1.807) is 18.4 Å². The molecule has 136 valence electrons. The smallest absolute Gasteiger partial charge is 0.270 e. The summed E-state index contributed by atoms with van der Waals surface area (Å²) in [7, 11) is 2.08. The summed E-state index contributed by atoms with van der Waals surface area (Å²) in [5, 5.41) is 9.66. The predicted molar refractivity (Wildman–Crippen MR) is 99.5 cm³/mol. The molecule has 0 bridgehead atoms. The maximum Gasteiger partial charge on any atom is 0.270 e. The van der Waals surface area contributed by atoms with Gasteiger partial charge in [0.25, 0.3) is 5.56 Å². The van der Waals surface area contributed by atoms with Gasteiger partial charge >= 0.3 is 0 Å². The highest BCUT2D eigenvalue weighted by Gasteiger charge is 2.18. The van der Waals surface area contributed by atoms with Crippen molar-refractivity contribution in [2.75, 3.05) is 39.5 Å². The number of rotatable bonds is 4. The number of aromatic nitrogens is 2. The first-order valence-corrected chi connectivity index (χ1v) is 9.52. The van der Waals surface area contributed by atoms with Crippen LogP contribution in [0, 0.1) is 17.1 Å². The van der Waals surface area contributed by atoms with Crippen LogP contribution < -0.4 is 5.56 Å². The van der Waals surface area contributed by atoms with Crippen molar-refractivity contribution in [3.8, 4) is 17.3 Å². The second kappa shape index (κ2) is 7.99. The fraction of sp³-hybridized carbons (Fsp3) is 0.389. The molecule has 8 heteroatoms. The van der Waals surface area contributed by atoms with E-state index in [0.717, 1.165) is 26.2 Å². The first-order valence-electron chi connectivity index (χ1n) is 8.30. The lowest BCUT2D eigenvalue weighted by atomic mass is 10.0. The lowest BCUT2D eigenvalue weighted by Gasteiger charge is -2.32. The van der Waals surface area contributed by atoms with E-state index in [-0.39, 0.29) is 17.1 Å². The number of H-pyrrole nitrogens is 1. The number of thioether (sulfide) groups is 1. The van der Waals surface area contributed by atoms with E-state index in [0.29, 0.717) is 22.8 Å². The maximum absolute atomic E-state index is 14.6. The van der Waals surface area contributed by atoms with Gasteiger partial charge in [0, 0.05) is 43.9 Å². The van der Waals surface area contributed by atoms with E-state index in [1.165, 1.54) is 17.8 Å². The summed E-state index contributed by atoms with van der Waals surface area (Å²) >= 11 is 1.26. The molecule has 1 aromatic heterocycles. The Morgan fingerprint density at radius 3 is 2.69 bits per heavy atom. The number of halogens is 1. The summed E-state index contributed by atoms with van der Waals surface area (Å²) < 4.78 is 14.6. The van der Waals surface area contributed by atoms with Gasteiger partial charge in [-0.15, -0.1) is 0 Å². The number of hydrogen-bond acceptors (Lipinski definition) is 6. The molecule has 1 aliphatic rings. The van der Waals surface area contributed by atoms with E-state index in [1.807, 2.05) is 6.07 Å². The van der Waals surface area contributed by atoms with Gasteiger partial charge in [-0.3, -0.25) is 9.69 Å². The van der Waals surface area contributed by atoms with Gasteiger partial charge in [0.15, 0.2) is 5.16 Å². The third-order valence-electron chi connectivity index (χ3n) is 4.52. The zero-order valence-corrected chi connectivity index (χ0v) is 15.6. The number of benzene rings is 1. The minimum atomic E-state index is -0.510. The van der Waals surface area contributed by atoms with Gasteiger partial charge in [-0.2, -0.15) is 5.26 Å². The number of hydrogen-bond donors (Lipinski definition) is 1. The van der Waals surface area contributed by atoms with Crippen molar-refractivity contribution >= 4 is 11.8 Å². The van der Waals surface area contributed by atoms with Gasteiger partial charge in [0.2, 0.25) is 0 Å². The van der Waals surface area contributed by atoms with Gasteiger partial charge < -0.3 is 9.88 Å². The van der Waals surface area contributed by atoms with E-state index in [9.17, 15) is 14.4 Å². The number of likely N-dealkylation sites (N-methyl/N-ethyl adjacent to an activating group) is 1. The molecule has 0 radical (unpaired) electrons. The van der Waals surface area contributed by atoms with E-state index >= 15 is 0 Å². The van der Waals surface area contributed by atoms with Crippen LogP contribution in [-0.2, 0) is 6.54 Å². The second-order valence-corrected chi connectivity index (χ2v) is 7.09.